The zero-order valence-electron chi connectivity index (χ0n) is 14.2. The Morgan fingerprint density at radius 2 is 2.07 bits per heavy atom. The number of non-ortho nitro benzene ring substituents is 1. The van der Waals surface area contributed by atoms with Crippen molar-refractivity contribution in [2.24, 2.45) is 0 Å². The van der Waals surface area contributed by atoms with E-state index in [1.165, 1.54) is 39.8 Å². The van der Waals surface area contributed by atoms with Crippen molar-refractivity contribution in [1.29, 1.82) is 0 Å². The largest absolute Gasteiger partial charge is 0.283 e. The monoisotopic (exact) mass is 407 g/mol. The van der Waals surface area contributed by atoms with Gasteiger partial charge >= 0.3 is 0 Å². The number of hydrogen-bond acceptors (Lipinski definition) is 5. The SMILES string of the molecule is CN(Cc1cc([N+](=O)[O-])ccc1Cl)Cn1ncn(-c2ccccc2F)c1=S. The van der Waals surface area contributed by atoms with Gasteiger partial charge in [-0.25, -0.2) is 9.07 Å². The molecule has 10 heteroatoms. The van der Waals surface area contributed by atoms with Gasteiger partial charge < -0.3 is 0 Å². The second kappa shape index (κ2) is 7.95. The number of nitrogens with zero attached hydrogens (tertiary/aromatic N) is 5. The number of nitro benzene ring substituents is 1. The van der Waals surface area contributed by atoms with Crippen LogP contribution in [0.5, 0.6) is 0 Å². The Hall–Kier alpha value is -2.62. The molecule has 3 aromatic rings. The van der Waals surface area contributed by atoms with E-state index in [1.807, 2.05) is 4.90 Å². The highest BCUT2D eigenvalue weighted by molar-refractivity contribution is 7.71. The van der Waals surface area contributed by atoms with E-state index < -0.39 is 10.7 Å². The van der Waals surface area contributed by atoms with E-state index >= 15 is 0 Å². The van der Waals surface area contributed by atoms with Crippen LogP contribution in [0, 0.1) is 20.7 Å². The first-order valence-corrected chi connectivity index (χ1v) is 8.66. The highest BCUT2D eigenvalue weighted by atomic mass is 35.5. The highest BCUT2D eigenvalue weighted by Gasteiger charge is 2.13. The average molecular weight is 408 g/mol. The van der Waals surface area contributed by atoms with Gasteiger partial charge in [0, 0.05) is 23.7 Å². The Labute approximate surface area is 164 Å². The van der Waals surface area contributed by atoms with Gasteiger partial charge in [0.05, 0.1) is 17.3 Å². The number of nitro groups is 1. The van der Waals surface area contributed by atoms with E-state index in [-0.39, 0.29) is 5.69 Å². The van der Waals surface area contributed by atoms with Crippen molar-refractivity contribution in [3.8, 4) is 5.69 Å². The molecule has 0 unspecified atom stereocenters. The number of aromatic nitrogens is 3. The van der Waals surface area contributed by atoms with Crippen molar-refractivity contribution >= 4 is 29.5 Å². The lowest BCUT2D eigenvalue weighted by Crippen LogP contribution is -2.23. The van der Waals surface area contributed by atoms with E-state index in [2.05, 4.69) is 5.10 Å². The maximum atomic E-state index is 14.0. The molecule has 27 heavy (non-hydrogen) atoms. The van der Waals surface area contributed by atoms with Gasteiger partial charge in [-0.3, -0.25) is 19.6 Å². The van der Waals surface area contributed by atoms with Crippen LogP contribution in [0.25, 0.3) is 5.69 Å². The van der Waals surface area contributed by atoms with Crippen molar-refractivity contribution in [2.75, 3.05) is 7.05 Å². The average Bonchev–Trinajstić information content (AvgIpc) is 2.97. The predicted octanol–water partition coefficient (Wildman–Crippen LogP) is 4.19. The van der Waals surface area contributed by atoms with Crippen LogP contribution in [0.3, 0.4) is 0 Å². The Morgan fingerprint density at radius 1 is 1.33 bits per heavy atom. The Morgan fingerprint density at radius 3 is 2.78 bits per heavy atom. The van der Waals surface area contributed by atoms with E-state index in [0.29, 0.717) is 34.3 Å². The summed E-state index contributed by atoms with van der Waals surface area (Å²) in [6.07, 6.45) is 1.45. The summed E-state index contributed by atoms with van der Waals surface area (Å²) >= 11 is 11.5. The predicted molar refractivity (Wildman–Crippen MR) is 102 cm³/mol. The minimum Gasteiger partial charge on any atom is -0.283 e. The molecule has 1 aromatic heterocycles. The molecular weight excluding hydrogens is 393 g/mol. The lowest BCUT2D eigenvalue weighted by molar-refractivity contribution is -0.384. The van der Waals surface area contributed by atoms with Gasteiger partial charge in [-0.05, 0) is 43.0 Å². The molecule has 0 aliphatic carbocycles. The molecule has 140 valence electrons. The standard InChI is InChI=1S/C17H15ClFN5O2S/c1-21(9-12-8-13(24(25)26)6-7-14(12)18)11-23-17(27)22(10-20-23)16-5-3-2-4-15(16)19/h2-8,10H,9,11H2,1H3. The molecule has 0 N–H and O–H groups in total. The summed E-state index contributed by atoms with van der Waals surface area (Å²) in [5, 5.41) is 15.6. The molecular formula is C17H15ClFN5O2S. The maximum Gasteiger partial charge on any atom is 0.269 e. The molecule has 0 bridgehead atoms. The third-order valence-electron chi connectivity index (χ3n) is 3.90. The molecule has 0 aliphatic heterocycles. The van der Waals surface area contributed by atoms with Gasteiger partial charge in [0.15, 0.2) is 0 Å². The van der Waals surface area contributed by atoms with Crippen LogP contribution in [0.2, 0.25) is 5.02 Å². The fourth-order valence-electron chi connectivity index (χ4n) is 2.61. The van der Waals surface area contributed by atoms with Crippen LogP contribution in [0.1, 0.15) is 5.56 Å². The molecule has 0 spiro atoms. The molecule has 2 aromatic carbocycles. The van der Waals surface area contributed by atoms with Crippen LogP contribution < -0.4 is 0 Å². The molecule has 7 nitrogen and oxygen atoms in total. The van der Waals surface area contributed by atoms with Crippen molar-refractivity contribution in [3.63, 3.8) is 0 Å². The van der Waals surface area contributed by atoms with Crippen LogP contribution in [-0.4, -0.2) is 31.2 Å². The summed E-state index contributed by atoms with van der Waals surface area (Å²) in [5.74, 6) is -0.398. The minimum absolute atomic E-state index is 0.0248. The molecule has 0 aliphatic rings. The molecule has 0 fully saturated rings. The van der Waals surface area contributed by atoms with Gasteiger partial charge in [0.1, 0.15) is 12.1 Å². The summed E-state index contributed by atoms with van der Waals surface area (Å²) in [7, 11) is 1.80. The molecule has 0 amide bonds. The molecule has 1 heterocycles. The third kappa shape index (κ3) is 4.21. The van der Waals surface area contributed by atoms with Gasteiger partial charge in [-0.2, -0.15) is 5.10 Å². The first kappa shape index (κ1) is 19.2. The maximum absolute atomic E-state index is 14.0. The number of halogens is 2. The summed E-state index contributed by atoms with van der Waals surface area (Å²) in [5.41, 5.74) is 0.912. The van der Waals surface area contributed by atoms with Crippen molar-refractivity contribution in [1.82, 2.24) is 19.2 Å². The number of rotatable bonds is 6. The summed E-state index contributed by atoms with van der Waals surface area (Å²) in [6, 6.07) is 10.6. The molecule has 0 saturated carbocycles. The fraction of sp³-hybridized carbons (Fsp3) is 0.176. The smallest absolute Gasteiger partial charge is 0.269 e. The molecule has 0 radical (unpaired) electrons. The molecule has 3 rings (SSSR count). The topological polar surface area (TPSA) is 69.1 Å². The second-order valence-electron chi connectivity index (χ2n) is 5.92. The van der Waals surface area contributed by atoms with Crippen LogP contribution in [0.15, 0.2) is 48.8 Å². The van der Waals surface area contributed by atoms with Gasteiger partial charge in [-0.1, -0.05) is 23.7 Å². The fourth-order valence-corrected chi connectivity index (χ4v) is 3.04. The van der Waals surface area contributed by atoms with Crippen LogP contribution in [-0.2, 0) is 13.2 Å². The van der Waals surface area contributed by atoms with Gasteiger partial charge in [0.25, 0.3) is 5.69 Å². The third-order valence-corrected chi connectivity index (χ3v) is 4.68. The van der Waals surface area contributed by atoms with E-state index in [1.54, 1.807) is 25.2 Å². The van der Waals surface area contributed by atoms with Gasteiger partial charge in [0.2, 0.25) is 4.77 Å². The number of hydrogen-bond donors (Lipinski definition) is 0. The Balaban J connectivity index is 1.79. The molecule has 0 atom stereocenters. The van der Waals surface area contributed by atoms with Gasteiger partial charge in [-0.15, -0.1) is 0 Å². The van der Waals surface area contributed by atoms with E-state index in [0.717, 1.165) is 0 Å². The van der Waals surface area contributed by atoms with Crippen molar-refractivity contribution in [3.05, 3.63) is 80.1 Å². The number of benzene rings is 2. The van der Waals surface area contributed by atoms with Crippen molar-refractivity contribution < 1.29 is 9.31 Å². The normalized spacial score (nSPS) is 11.1. The zero-order chi connectivity index (χ0) is 19.6. The number of para-hydroxylation sites is 1. The minimum atomic E-state index is -0.466. The van der Waals surface area contributed by atoms with Crippen LogP contribution in [0.4, 0.5) is 10.1 Å². The Bertz CT molecular complexity index is 1050. The lowest BCUT2D eigenvalue weighted by Gasteiger charge is -2.17. The summed E-state index contributed by atoms with van der Waals surface area (Å²) < 4.78 is 17.3. The molecule has 0 saturated heterocycles. The summed E-state index contributed by atoms with van der Waals surface area (Å²) in [6.45, 7) is 0.661. The Kier molecular flexibility index (Phi) is 5.64. The first-order chi connectivity index (χ1) is 12.9. The van der Waals surface area contributed by atoms with Crippen LogP contribution >= 0.6 is 23.8 Å². The summed E-state index contributed by atoms with van der Waals surface area (Å²) in [4.78, 5) is 12.3. The van der Waals surface area contributed by atoms with E-state index in [9.17, 15) is 14.5 Å². The second-order valence-corrected chi connectivity index (χ2v) is 6.70. The highest BCUT2D eigenvalue weighted by Crippen LogP contribution is 2.23. The zero-order valence-corrected chi connectivity index (χ0v) is 15.8. The van der Waals surface area contributed by atoms with Crippen molar-refractivity contribution in [2.45, 2.75) is 13.2 Å². The first-order valence-electron chi connectivity index (χ1n) is 7.87. The lowest BCUT2D eigenvalue weighted by atomic mass is 10.2. The van der Waals surface area contributed by atoms with E-state index in [4.69, 9.17) is 23.8 Å². The quantitative estimate of drug-likeness (QED) is 0.348.